The molecule has 0 aliphatic rings. The summed E-state index contributed by atoms with van der Waals surface area (Å²) < 4.78 is 0. The summed E-state index contributed by atoms with van der Waals surface area (Å²) >= 11 is 1.99. The highest BCUT2D eigenvalue weighted by Crippen LogP contribution is 2.34. The second-order valence-electron chi connectivity index (χ2n) is 6.93. The van der Waals surface area contributed by atoms with E-state index in [0.29, 0.717) is 6.04 Å². The second-order valence-corrected chi connectivity index (χ2v) is 8.05. The molecule has 0 radical (unpaired) electrons. The van der Waals surface area contributed by atoms with Crippen LogP contribution in [0, 0.1) is 5.92 Å². The van der Waals surface area contributed by atoms with Gasteiger partial charge in [-0.1, -0.05) is 41.5 Å². The Bertz CT molecular complexity index is 360. The summed E-state index contributed by atoms with van der Waals surface area (Å²) in [6.45, 7) is 14.9. The molecule has 0 saturated heterocycles. The van der Waals surface area contributed by atoms with Crippen LogP contribution in [-0.2, 0) is 5.41 Å². The minimum atomic E-state index is 0.274. The number of rotatable bonds is 7. The van der Waals surface area contributed by atoms with E-state index < -0.39 is 0 Å². The van der Waals surface area contributed by atoms with Crippen molar-refractivity contribution in [2.24, 2.45) is 5.92 Å². The second kappa shape index (κ2) is 7.44. The van der Waals surface area contributed by atoms with Crippen LogP contribution in [-0.4, -0.2) is 6.54 Å². The Hall–Kier alpha value is -0.340. The highest BCUT2D eigenvalue weighted by Gasteiger charge is 2.19. The normalized spacial score (nSPS) is 14.1. The van der Waals surface area contributed by atoms with Crippen molar-refractivity contribution >= 4 is 11.3 Å². The van der Waals surface area contributed by atoms with Gasteiger partial charge in [0.15, 0.2) is 0 Å². The van der Waals surface area contributed by atoms with Gasteiger partial charge in [0.2, 0.25) is 0 Å². The molecule has 0 aliphatic carbocycles. The highest BCUT2D eigenvalue weighted by molar-refractivity contribution is 7.12. The first kappa shape index (κ1) is 16.7. The molecule has 0 bridgehead atoms. The number of hydrogen-bond donors (Lipinski definition) is 1. The van der Waals surface area contributed by atoms with Gasteiger partial charge in [-0.15, -0.1) is 11.3 Å². The molecule has 1 aromatic rings. The Balaban J connectivity index is 2.75. The molecule has 1 heterocycles. The van der Waals surface area contributed by atoms with Gasteiger partial charge in [0, 0.05) is 15.8 Å². The Morgan fingerprint density at radius 3 is 2.32 bits per heavy atom. The van der Waals surface area contributed by atoms with Crippen LogP contribution in [0.15, 0.2) is 12.1 Å². The largest absolute Gasteiger partial charge is 0.309 e. The zero-order chi connectivity index (χ0) is 14.5. The van der Waals surface area contributed by atoms with Crippen LogP contribution >= 0.6 is 11.3 Å². The average molecular weight is 282 g/mol. The van der Waals surface area contributed by atoms with Gasteiger partial charge in [0.05, 0.1) is 0 Å². The monoisotopic (exact) mass is 281 g/mol. The first-order chi connectivity index (χ1) is 8.84. The van der Waals surface area contributed by atoms with Crippen molar-refractivity contribution in [3.8, 4) is 0 Å². The standard InChI is InChI=1S/C17H31NS/c1-7-12-18-14(9-8-13(2)3)15-10-11-16(19-15)17(4,5)6/h10-11,13-14,18H,7-9,12H2,1-6H3. The minimum Gasteiger partial charge on any atom is -0.309 e. The fourth-order valence-electron chi connectivity index (χ4n) is 2.11. The zero-order valence-electron chi connectivity index (χ0n) is 13.5. The molecule has 19 heavy (non-hydrogen) atoms. The van der Waals surface area contributed by atoms with E-state index in [1.54, 1.807) is 0 Å². The Kier molecular flexibility index (Phi) is 6.55. The fraction of sp³-hybridized carbons (Fsp3) is 0.765. The predicted octanol–water partition coefficient (Wildman–Crippen LogP) is 5.52. The van der Waals surface area contributed by atoms with Crippen LogP contribution < -0.4 is 5.32 Å². The lowest BCUT2D eigenvalue weighted by Gasteiger charge is -2.19. The fourth-order valence-corrected chi connectivity index (χ4v) is 3.28. The van der Waals surface area contributed by atoms with Crippen molar-refractivity contribution in [3.63, 3.8) is 0 Å². The van der Waals surface area contributed by atoms with Gasteiger partial charge in [-0.2, -0.15) is 0 Å². The van der Waals surface area contributed by atoms with E-state index in [9.17, 15) is 0 Å². The molecule has 0 saturated carbocycles. The number of thiophene rings is 1. The van der Waals surface area contributed by atoms with Crippen LogP contribution in [0.25, 0.3) is 0 Å². The summed E-state index contributed by atoms with van der Waals surface area (Å²) in [5.74, 6) is 0.785. The van der Waals surface area contributed by atoms with Gasteiger partial charge in [-0.3, -0.25) is 0 Å². The molecule has 1 N–H and O–H groups in total. The van der Waals surface area contributed by atoms with E-state index in [4.69, 9.17) is 0 Å². The molecular weight excluding hydrogens is 250 g/mol. The molecule has 110 valence electrons. The number of hydrogen-bond acceptors (Lipinski definition) is 2. The summed E-state index contributed by atoms with van der Waals surface area (Å²) in [6.07, 6.45) is 3.75. The summed E-state index contributed by atoms with van der Waals surface area (Å²) in [7, 11) is 0. The van der Waals surface area contributed by atoms with Crippen LogP contribution in [0.3, 0.4) is 0 Å². The van der Waals surface area contributed by atoms with Crippen molar-refractivity contribution in [1.29, 1.82) is 0 Å². The van der Waals surface area contributed by atoms with E-state index in [1.807, 2.05) is 11.3 Å². The summed E-state index contributed by atoms with van der Waals surface area (Å²) in [4.78, 5) is 3.01. The molecule has 1 nitrogen and oxygen atoms in total. The van der Waals surface area contributed by atoms with Crippen molar-refractivity contribution < 1.29 is 0 Å². The minimum absolute atomic E-state index is 0.274. The Morgan fingerprint density at radius 1 is 1.16 bits per heavy atom. The van der Waals surface area contributed by atoms with E-state index in [-0.39, 0.29) is 5.41 Å². The third-order valence-corrected chi connectivity index (χ3v) is 5.01. The molecular formula is C17H31NS. The van der Waals surface area contributed by atoms with Gasteiger partial charge in [0.25, 0.3) is 0 Å². The average Bonchev–Trinajstić information content (AvgIpc) is 2.78. The maximum atomic E-state index is 3.72. The van der Waals surface area contributed by atoms with Gasteiger partial charge in [0.1, 0.15) is 0 Å². The Morgan fingerprint density at radius 2 is 1.84 bits per heavy atom. The molecule has 1 rings (SSSR count). The Labute approximate surface area is 123 Å². The van der Waals surface area contributed by atoms with Crippen LogP contribution in [0.4, 0.5) is 0 Å². The lowest BCUT2D eigenvalue weighted by molar-refractivity contribution is 0.445. The first-order valence-corrected chi connectivity index (χ1v) is 8.49. The van der Waals surface area contributed by atoms with Crippen molar-refractivity contribution in [1.82, 2.24) is 5.32 Å². The lowest BCUT2D eigenvalue weighted by atomic mass is 9.95. The van der Waals surface area contributed by atoms with Crippen molar-refractivity contribution in [3.05, 3.63) is 21.9 Å². The van der Waals surface area contributed by atoms with Gasteiger partial charge < -0.3 is 5.32 Å². The van der Waals surface area contributed by atoms with Crippen LogP contribution in [0.2, 0.25) is 0 Å². The smallest absolute Gasteiger partial charge is 0.0414 e. The van der Waals surface area contributed by atoms with E-state index in [2.05, 4.69) is 59.0 Å². The molecule has 1 atom stereocenters. The molecule has 1 aromatic heterocycles. The molecule has 0 spiro atoms. The molecule has 1 unspecified atom stereocenters. The molecule has 0 aromatic carbocycles. The van der Waals surface area contributed by atoms with E-state index in [1.165, 1.54) is 29.0 Å². The molecule has 0 amide bonds. The van der Waals surface area contributed by atoms with Crippen LogP contribution in [0.1, 0.15) is 76.6 Å². The summed E-state index contributed by atoms with van der Waals surface area (Å²) in [5, 5.41) is 3.72. The first-order valence-electron chi connectivity index (χ1n) is 7.68. The molecule has 0 aliphatic heterocycles. The van der Waals surface area contributed by atoms with Crippen LogP contribution in [0.5, 0.6) is 0 Å². The zero-order valence-corrected chi connectivity index (χ0v) is 14.4. The van der Waals surface area contributed by atoms with E-state index in [0.717, 1.165) is 12.5 Å². The van der Waals surface area contributed by atoms with E-state index >= 15 is 0 Å². The molecule has 0 fully saturated rings. The lowest BCUT2D eigenvalue weighted by Crippen LogP contribution is -2.21. The maximum Gasteiger partial charge on any atom is 0.0414 e. The number of nitrogens with one attached hydrogen (secondary N) is 1. The van der Waals surface area contributed by atoms with Crippen molar-refractivity contribution in [2.45, 2.75) is 72.3 Å². The third kappa shape index (κ3) is 5.66. The van der Waals surface area contributed by atoms with Gasteiger partial charge >= 0.3 is 0 Å². The highest BCUT2D eigenvalue weighted by atomic mass is 32.1. The maximum absolute atomic E-state index is 3.72. The van der Waals surface area contributed by atoms with Crippen molar-refractivity contribution in [2.75, 3.05) is 6.54 Å². The summed E-state index contributed by atoms with van der Waals surface area (Å²) in [5.41, 5.74) is 0.274. The molecule has 2 heteroatoms. The van der Waals surface area contributed by atoms with Gasteiger partial charge in [-0.25, -0.2) is 0 Å². The third-order valence-electron chi connectivity index (χ3n) is 3.38. The quantitative estimate of drug-likeness (QED) is 0.693. The SMILES string of the molecule is CCCNC(CCC(C)C)c1ccc(C(C)(C)C)s1. The summed E-state index contributed by atoms with van der Waals surface area (Å²) in [6, 6.07) is 5.19. The topological polar surface area (TPSA) is 12.0 Å². The van der Waals surface area contributed by atoms with Gasteiger partial charge in [-0.05, 0) is 49.3 Å². The predicted molar refractivity (Wildman–Crippen MR) is 88.1 cm³/mol.